The molecular weight excluding hydrogens is 313 g/mol. The molecule has 0 aliphatic rings. The van der Waals surface area contributed by atoms with Crippen LogP contribution >= 0.6 is 0 Å². The number of halogens is 1. The molecule has 7 heteroatoms. The van der Waals surface area contributed by atoms with Crippen LogP contribution in [0, 0.1) is 19.7 Å². The fourth-order valence-corrected chi connectivity index (χ4v) is 2.39. The highest BCUT2D eigenvalue weighted by Crippen LogP contribution is 2.14. The summed E-state index contributed by atoms with van der Waals surface area (Å²) in [6.07, 6.45) is 0.677. The molecule has 0 spiro atoms. The number of benzene rings is 1. The van der Waals surface area contributed by atoms with E-state index in [1.54, 1.807) is 10.7 Å². The molecule has 0 saturated heterocycles. The normalized spacial score (nSPS) is 10.5. The fraction of sp³-hybridized carbons (Fsp3) is 0.353. The average Bonchev–Trinajstić information content (AvgIpc) is 2.76. The zero-order valence-corrected chi connectivity index (χ0v) is 13.9. The van der Waals surface area contributed by atoms with Gasteiger partial charge < -0.3 is 10.1 Å². The third kappa shape index (κ3) is 4.65. The van der Waals surface area contributed by atoms with Gasteiger partial charge in [0.1, 0.15) is 5.82 Å². The van der Waals surface area contributed by atoms with Gasteiger partial charge in [-0.15, -0.1) is 0 Å². The van der Waals surface area contributed by atoms with E-state index in [1.165, 1.54) is 18.2 Å². The van der Waals surface area contributed by atoms with Crippen LogP contribution in [0.4, 0.5) is 10.1 Å². The van der Waals surface area contributed by atoms with Gasteiger partial charge in [-0.25, -0.2) is 4.39 Å². The van der Waals surface area contributed by atoms with Crippen LogP contribution in [0.2, 0.25) is 0 Å². The van der Waals surface area contributed by atoms with Gasteiger partial charge in [0.15, 0.2) is 6.61 Å². The third-order valence-corrected chi connectivity index (χ3v) is 3.71. The van der Waals surface area contributed by atoms with Crippen LogP contribution in [-0.2, 0) is 27.8 Å². The minimum Gasteiger partial charge on any atom is -0.456 e. The number of amides is 1. The molecule has 1 amide bonds. The number of carbonyl (C=O) groups excluding carboxylic acids is 2. The average molecular weight is 333 g/mol. The van der Waals surface area contributed by atoms with E-state index < -0.39 is 24.3 Å². The van der Waals surface area contributed by atoms with Crippen LogP contribution in [0.25, 0.3) is 0 Å². The highest BCUT2D eigenvalue weighted by Gasteiger charge is 2.13. The summed E-state index contributed by atoms with van der Waals surface area (Å²) < 4.78 is 19.7. The Morgan fingerprint density at radius 2 is 2.08 bits per heavy atom. The minimum atomic E-state index is -0.511. The molecule has 128 valence electrons. The number of esters is 1. The molecule has 0 atom stereocenters. The maximum Gasteiger partial charge on any atom is 0.306 e. The lowest BCUT2D eigenvalue weighted by atomic mass is 10.1. The summed E-state index contributed by atoms with van der Waals surface area (Å²) in [5.41, 5.74) is 3.21. The second-order valence-corrected chi connectivity index (χ2v) is 5.49. The van der Waals surface area contributed by atoms with Gasteiger partial charge in [-0.05, 0) is 44.0 Å². The number of rotatable bonds is 6. The summed E-state index contributed by atoms with van der Waals surface area (Å²) in [4.78, 5) is 23.5. The number of hydrogen-bond acceptors (Lipinski definition) is 4. The molecule has 2 rings (SSSR count). The first-order chi connectivity index (χ1) is 11.4. The van der Waals surface area contributed by atoms with Crippen LogP contribution in [0.1, 0.15) is 23.4 Å². The van der Waals surface area contributed by atoms with Gasteiger partial charge in [0.05, 0.1) is 5.69 Å². The first-order valence-electron chi connectivity index (χ1n) is 7.57. The standard InChI is InChI=1S/C17H20FN3O3/c1-11-15(12(2)21(3)20-11)7-8-17(23)24-10-16(22)19-14-6-4-5-13(18)9-14/h4-6,9H,7-8,10H2,1-3H3,(H,19,22). The van der Waals surface area contributed by atoms with Crippen LogP contribution in [-0.4, -0.2) is 28.3 Å². The minimum absolute atomic E-state index is 0.167. The van der Waals surface area contributed by atoms with E-state index in [0.29, 0.717) is 12.1 Å². The number of aryl methyl sites for hydroxylation is 2. The number of anilines is 1. The molecule has 1 heterocycles. The first-order valence-corrected chi connectivity index (χ1v) is 7.57. The van der Waals surface area contributed by atoms with Crippen molar-refractivity contribution in [1.29, 1.82) is 0 Å². The topological polar surface area (TPSA) is 73.2 Å². The summed E-state index contributed by atoms with van der Waals surface area (Å²) in [7, 11) is 1.85. The van der Waals surface area contributed by atoms with E-state index in [-0.39, 0.29) is 6.42 Å². The van der Waals surface area contributed by atoms with E-state index in [9.17, 15) is 14.0 Å². The molecule has 0 saturated carbocycles. The molecule has 1 aromatic carbocycles. The number of carbonyl (C=O) groups is 2. The second kappa shape index (κ2) is 7.72. The molecular formula is C17H20FN3O3. The number of ether oxygens (including phenoxy) is 1. The predicted molar refractivity (Wildman–Crippen MR) is 87.0 cm³/mol. The molecule has 0 bridgehead atoms. The van der Waals surface area contributed by atoms with E-state index >= 15 is 0 Å². The van der Waals surface area contributed by atoms with Gasteiger partial charge in [-0.1, -0.05) is 6.07 Å². The molecule has 0 unspecified atom stereocenters. The Hall–Kier alpha value is -2.70. The predicted octanol–water partition coefficient (Wildman–Crippen LogP) is 2.29. The highest BCUT2D eigenvalue weighted by molar-refractivity contribution is 5.92. The van der Waals surface area contributed by atoms with Gasteiger partial charge >= 0.3 is 5.97 Å². The first kappa shape index (κ1) is 17.7. The zero-order chi connectivity index (χ0) is 17.7. The molecule has 1 N–H and O–H groups in total. The summed E-state index contributed by atoms with van der Waals surface area (Å²) in [5.74, 6) is -1.43. The van der Waals surface area contributed by atoms with E-state index in [2.05, 4.69) is 10.4 Å². The van der Waals surface area contributed by atoms with Crippen molar-refractivity contribution >= 4 is 17.6 Å². The van der Waals surface area contributed by atoms with E-state index in [4.69, 9.17) is 4.74 Å². The monoisotopic (exact) mass is 333 g/mol. The number of nitrogens with one attached hydrogen (secondary N) is 1. The lowest BCUT2D eigenvalue weighted by Gasteiger charge is -2.07. The lowest BCUT2D eigenvalue weighted by molar-refractivity contribution is -0.147. The second-order valence-electron chi connectivity index (χ2n) is 5.49. The molecule has 24 heavy (non-hydrogen) atoms. The summed E-state index contributed by atoms with van der Waals surface area (Å²) >= 11 is 0. The molecule has 1 aromatic heterocycles. The Morgan fingerprint density at radius 3 is 2.71 bits per heavy atom. The molecule has 0 radical (unpaired) electrons. The van der Waals surface area contributed by atoms with Crippen molar-refractivity contribution in [2.75, 3.05) is 11.9 Å². The van der Waals surface area contributed by atoms with Crippen LogP contribution in [0.5, 0.6) is 0 Å². The Balaban J connectivity index is 1.77. The molecule has 6 nitrogen and oxygen atoms in total. The summed E-state index contributed by atoms with van der Waals surface area (Å²) in [5, 5.41) is 6.75. The Morgan fingerprint density at radius 1 is 1.33 bits per heavy atom. The van der Waals surface area contributed by atoms with Gasteiger partial charge in [0.25, 0.3) is 5.91 Å². The van der Waals surface area contributed by atoms with Crippen LogP contribution in [0.3, 0.4) is 0 Å². The van der Waals surface area contributed by atoms with Gasteiger partial charge in [0, 0.05) is 24.8 Å². The molecule has 2 aromatic rings. The van der Waals surface area contributed by atoms with E-state index in [0.717, 1.165) is 17.0 Å². The number of nitrogens with zero attached hydrogens (tertiary/aromatic N) is 2. The third-order valence-electron chi connectivity index (χ3n) is 3.71. The van der Waals surface area contributed by atoms with Gasteiger partial charge in [-0.3, -0.25) is 14.3 Å². The lowest BCUT2D eigenvalue weighted by Crippen LogP contribution is -2.21. The maximum absolute atomic E-state index is 13.0. The Labute approximate surface area is 139 Å². The summed E-state index contributed by atoms with van der Waals surface area (Å²) in [6, 6.07) is 5.50. The van der Waals surface area contributed by atoms with Crippen molar-refractivity contribution in [3.8, 4) is 0 Å². The van der Waals surface area contributed by atoms with Crippen molar-refractivity contribution in [1.82, 2.24) is 9.78 Å². The van der Waals surface area contributed by atoms with Gasteiger partial charge in [0.2, 0.25) is 0 Å². The van der Waals surface area contributed by atoms with Crippen molar-refractivity contribution in [2.45, 2.75) is 26.7 Å². The SMILES string of the molecule is Cc1nn(C)c(C)c1CCC(=O)OCC(=O)Nc1cccc(F)c1. The number of aromatic nitrogens is 2. The van der Waals surface area contributed by atoms with Crippen LogP contribution in [0.15, 0.2) is 24.3 Å². The largest absolute Gasteiger partial charge is 0.456 e. The maximum atomic E-state index is 13.0. The van der Waals surface area contributed by atoms with Crippen molar-refractivity contribution in [3.05, 3.63) is 47.0 Å². The fourth-order valence-electron chi connectivity index (χ4n) is 2.39. The number of hydrogen-bond donors (Lipinski definition) is 1. The summed E-state index contributed by atoms with van der Waals surface area (Å²) in [6.45, 7) is 3.42. The van der Waals surface area contributed by atoms with Crippen molar-refractivity contribution in [2.24, 2.45) is 7.05 Å². The van der Waals surface area contributed by atoms with Crippen LogP contribution < -0.4 is 5.32 Å². The molecule has 0 aliphatic carbocycles. The van der Waals surface area contributed by atoms with E-state index in [1.807, 2.05) is 20.9 Å². The highest BCUT2D eigenvalue weighted by atomic mass is 19.1. The smallest absolute Gasteiger partial charge is 0.306 e. The Kier molecular flexibility index (Phi) is 5.68. The van der Waals surface area contributed by atoms with Gasteiger partial charge in [-0.2, -0.15) is 5.10 Å². The van der Waals surface area contributed by atoms with Crippen molar-refractivity contribution in [3.63, 3.8) is 0 Å². The quantitative estimate of drug-likeness (QED) is 0.823. The zero-order valence-electron chi connectivity index (χ0n) is 13.9. The molecule has 0 fully saturated rings. The molecule has 0 aliphatic heterocycles. The Bertz CT molecular complexity index is 756. The van der Waals surface area contributed by atoms with Crippen molar-refractivity contribution < 1.29 is 18.7 Å².